The molecule has 0 amide bonds. The quantitative estimate of drug-likeness (QED) is 0.359. The third-order valence-corrected chi connectivity index (χ3v) is 1.33. The van der Waals surface area contributed by atoms with E-state index in [0.29, 0.717) is 0 Å². The lowest BCUT2D eigenvalue weighted by atomic mass is 10.3. The van der Waals surface area contributed by atoms with E-state index in [1.54, 1.807) is 0 Å². The first-order valence-corrected chi connectivity index (χ1v) is 4.16. The summed E-state index contributed by atoms with van der Waals surface area (Å²) in [6.07, 6.45) is 1.96. The highest BCUT2D eigenvalue weighted by molar-refractivity contribution is 5.92. The van der Waals surface area contributed by atoms with Crippen molar-refractivity contribution < 1.29 is 24.5 Å². The first kappa shape index (κ1) is 12.1. The first-order valence-electron chi connectivity index (χ1n) is 4.16. The van der Waals surface area contributed by atoms with Gasteiger partial charge in [-0.2, -0.15) is 0 Å². The van der Waals surface area contributed by atoms with E-state index < -0.39 is 11.9 Å². The van der Waals surface area contributed by atoms with E-state index in [0.717, 1.165) is 12.8 Å². The fourth-order valence-corrected chi connectivity index (χ4v) is 0.657. The van der Waals surface area contributed by atoms with E-state index >= 15 is 0 Å². The molecule has 1 rings (SSSR count). The molecule has 5 heteroatoms. The van der Waals surface area contributed by atoms with Gasteiger partial charge in [-0.15, -0.1) is 0 Å². The van der Waals surface area contributed by atoms with Crippen molar-refractivity contribution in [3.8, 4) is 0 Å². The molecular weight excluding hydrogens is 176 g/mol. The summed E-state index contributed by atoms with van der Waals surface area (Å²) in [7, 11) is 0. The van der Waals surface area contributed by atoms with Gasteiger partial charge in [-0.05, 0) is 12.8 Å². The average Bonchev–Trinajstić information content (AvgIpc) is 2.47. The van der Waals surface area contributed by atoms with Crippen LogP contribution in [0.2, 0.25) is 0 Å². The highest BCUT2D eigenvalue weighted by Gasteiger charge is 2.19. The van der Waals surface area contributed by atoms with Gasteiger partial charge in [0, 0.05) is 13.2 Å². The number of aliphatic hydroxyl groups excluding tert-OH is 2. The number of aliphatic hydroxyl groups is 2. The van der Waals surface area contributed by atoms with Gasteiger partial charge in [0.05, 0.1) is 12.8 Å². The second-order valence-corrected chi connectivity index (χ2v) is 2.50. The lowest BCUT2D eigenvalue weighted by Gasteiger charge is -1.85. The van der Waals surface area contributed by atoms with E-state index in [2.05, 4.69) is 4.74 Å². The van der Waals surface area contributed by atoms with Gasteiger partial charge in [0.25, 0.3) is 0 Å². The van der Waals surface area contributed by atoms with Crippen molar-refractivity contribution in [3.05, 3.63) is 0 Å². The fourth-order valence-electron chi connectivity index (χ4n) is 0.657. The molecule has 0 spiro atoms. The summed E-state index contributed by atoms with van der Waals surface area (Å²) >= 11 is 0. The zero-order chi connectivity index (χ0) is 10.1. The van der Waals surface area contributed by atoms with Crippen LogP contribution < -0.4 is 0 Å². The first-order chi connectivity index (χ1) is 6.20. The Balaban J connectivity index is 0.000000226. The van der Waals surface area contributed by atoms with Crippen molar-refractivity contribution in [1.29, 1.82) is 0 Å². The summed E-state index contributed by atoms with van der Waals surface area (Å²) in [5.74, 6) is -0.796. The highest BCUT2D eigenvalue weighted by atomic mass is 16.6. The zero-order valence-electron chi connectivity index (χ0n) is 7.36. The lowest BCUT2D eigenvalue weighted by Crippen LogP contribution is -1.94. The van der Waals surface area contributed by atoms with Crippen molar-refractivity contribution >= 4 is 11.9 Å². The normalized spacial score (nSPS) is 14.9. The Kier molecular flexibility index (Phi) is 7.14. The van der Waals surface area contributed by atoms with E-state index in [-0.39, 0.29) is 26.1 Å². The molecule has 0 aromatic carbocycles. The van der Waals surface area contributed by atoms with Crippen molar-refractivity contribution in [2.75, 3.05) is 13.2 Å². The molecule has 1 aliphatic heterocycles. The maximum absolute atomic E-state index is 10.0. The fraction of sp³-hybridized carbons (Fsp3) is 0.750. The van der Waals surface area contributed by atoms with Crippen LogP contribution in [0.5, 0.6) is 0 Å². The minimum Gasteiger partial charge on any atom is -0.396 e. The molecule has 0 aliphatic carbocycles. The number of unbranched alkanes of at least 4 members (excludes halogenated alkanes) is 1. The second kappa shape index (κ2) is 7.70. The molecule has 0 bridgehead atoms. The predicted molar refractivity (Wildman–Crippen MR) is 43.7 cm³/mol. The van der Waals surface area contributed by atoms with E-state index in [1.165, 1.54) is 0 Å². The number of carbonyl (C=O) groups is 2. The van der Waals surface area contributed by atoms with Gasteiger partial charge in [-0.3, -0.25) is 9.59 Å². The number of esters is 2. The molecule has 13 heavy (non-hydrogen) atoms. The molecule has 0 unspecified atom stereocenters. The van der Waals surface area contributed by atoms with Crippen LogP contribution in [-0.4, -0.2) is 35.4 Å². The molecule has 1 aliphatic rings. The van der Waals surface area contributed by atoms with Gasteiger partial charge in [0.2, 0.25) is 0 Å². The largest absolute Gasteiger partial charge is 0.396 e. The molecule has 1 fully saturated rings. The van der Waals surface area contributed by atoms with Gasteiger partial charge in [0.1, 0.15) is 0 Å². The molecule has 0 radical (unpaired) electrons. The van der Waals surface area contributed by atoms with Crippen LogP contribution in [0, 0.1) is 0 Å². The molecule has 0 saturated carbocycles. The lowest BCUT2D eigenvalue weighted by molar-refractivity contribution is -0.151. The van der Waals surface area contributed by atoms with Crippen LogP contribution in [0.1, 0.15) is 25.7 Å². The Morgan fingerprint density at radius 3 is 1.54 bits per heavy atom. The zero-order valence-corrected chi connectivity index (χ0v) is 7.36. The van der Waals surface area contributed by atoms with Crippen LogP contribution in [-0.2, 0) is 14.3 Å². The van der Waals surface area contributed by atoms with Gasteiger partial charge >= 0.3 is 11.9 Å². The highest BCUT2D eigenvalue weighted by Crippen LogP contribution is 2.03. The Morgan fingerprint density at radius 1 is 1.00 bits per heavy atom. The topological polar surface area (TPSA) is 83.8 Å². The summed E-state index contributed by atoms with van der Waals surface area (Å²) in [4.78, 5) is 20.0. The van der Waals surface area contributed by atoms with Crippen LogP contribution in [0.3, 0.4) is 0 Å². The number of hydrogen-bond donors (Lipinski definition) is 2. The summed E-state index contributed by atoms with van der Waals surface area (Å²) in [6, 6.07) is 0. The molecule has 0 aromatic rings. The summed E-state index contributed by atoms with van der Waals surface area (Å²) in [5, 5.41) is 16.2. The summed E-state index contributed by atoms with van der Waals surface area (Å²) in [6.45, 7) is 0.390. The number of rotatable bonds is 3. The molecule has 2 N–H and O–H groups in total. The minimum atomic E-state index is -0.398. The van der Waals surface area contributed by atoms with Gasteiger partial charge in [-0.1, -0.05) is 0 Å². The maximum Gasteiger partial charge on any atom is 0.314 e. The molecule has 1 heterocycles. The Morgan fingerprint density at radius 2 is 1.38 bits per heavy atom. The molecule has 0 atom stereocenters. The Bertz CT molecular complexity index is 148. The summed E-state index contributed by atoms with van der Waals surface area (Å²) < 4.78 is 4.08. The summed E-state index contributed by atoms with van der Waals surface area (Å²) in [5.41, 5.74) is 0. The third-order valence-electron chi connectivity index (χ3n) is 1.33. The van der Waals surface area contributed by atoms with Crippen LogP contribution in [0.15, 0.2) is 0 Å². The number of carbonyl (C=O) groups excluding carboxylic acids is 2. The second-order valence-electron chi connectivity index (χ2n) is 2.50. The third kappa shape index (κ3) is 7.42. The van der Waals surface area contributed by atoms with Crippen LogP contribution >= 0.6 is 0 Å². The van der Waals surface area contributed by atoms with Gasteiger partial charge in [0.15, 0.2) is 0 Å². The SMILES string of the molecule is O=C1CCC(=O)O1.OCCCCO. The Labute approximate surface area is 76.3 Å². The predicted octanol–water partition coefficient (Wildman–Crippen LogP) is -0.399. The molecular formula is C8H14O5. The number of hydrogen-bond acceptors (Lipinski definition) is 5. The molecule has 5 nitrogen and oxygen atoms in total. The number of ether oxygens (including phenoxy) is 1. The smallest absolute Gasteiger partial charge is 0.314 e. The van der Waals surface area contributed by atoms with E-state index in [1.807, 2.05) is 0 Å². The maximum atomic E-state index is 10.0. The van der Waals surface area contributed by atoms with E-state index in [4.69, 9.17) is 10.2 Å². The standard InChI is InChI=1S/C4H4O3.C4H10O2/c5-3-1-2-4(6)7-3;5-3-1-2-4-6/h1-2H2;5-6H,1-4H2. The monoisotopic (exact) mass is 190 g/mol. The van der Waals surface area contributed by atoms with Crippen molar-refractivity contribution in [2.24, 2.45) is 0 Å². The van der Waals surface area contributed by atoms with Gasteiger partial charge in [-0.25, -0.2) is 0 Å². The van der Waals surface area contributed by atoms with Gasteiger partial charge < -0.3 is 14.9 Å². The molecule has 1 saturated heterocycles. The Hall–Kier alpha value is -0.940. The van der Waals surface area contributed by atoms with Crippen LogP contribution in [0.4, 0.5) is 0 Å². The van der Waals surface area contributed by atoms with E-state index in [9.17, 15) is 9.59 Å². The molecule has 0 aromatic heterocycles. The minimum absolute atomic E-state index is 0.195. The van der Waals surface area contributed by atoms with Crippen molar-refractivity contribution in [1.82, 2.24) is 0 Å². The molecule has 76 valence electrons. The average molecular weight is 190 g/mol. The van der Waals surface area contributed by atoms with Crippen LogP contribution in [0.25, 0.3) is 0 Å². The van der Waals surface area contributed by atoms with Crippen molar-refractivity contribution in [3.63, 3.8) is 0 Å². The van der Waals surface area contributed by atoms with Crippen molar-refractivity contribution in [2.45, 2.75) is 25.7 Å². The number of cyclic esters (lactones) is 2.